The number of amides is 2. The second-order valence-electron chi connectivity index (χ2n) is 5.89. The molecule has 3 heterocycles. The highest BCUT2D eigenvalue weighted by atomic mass is 32.2. The number of aromatic nitrogens is 1. The molecule has 3 atom stereocenters. The maximum atomic E-state index is 12.4. The van der Waals surface area contributed by atoms with Crippen LogP contribution in [-0.4, -0.2) is 46.6 Å². The maximum Gasteiger partial charge on any atom is 0.237 e. The molecule has 23 heavy (non-hydrogen) atoms. The summed E-state index contributed by atoms with van der Waals surface area (Å²) < 4.78 is 0. The number of thioether (sulfide) groups is 1. The first-order valence-corrected chi connectivity index (χ1v) is 8.66. The molecule has 3 rings (SSSR count). The molecule has 3 unspecified atom stereocenters. The molecule has 0 bridgehead atoms. The van der Waals surface area contributed by atoms with Crippen LogP contribution in [0.4, 0.5) is 0 Å². The summed E-state index contributed by atoms with van der Waals surface area (Å²) in [5.74, 6) is -0.0639. The number of nitriles is 1. The number of pyridine rings is 1. The van der Waals surface area contributed by atoms with Gasteiger partial charge in [0.1, 0.15) is 5.92 Å². The van der Waals surface area contributed by atoms with Gasteiger partial charge in [-0.25, -0.2) is 0 Å². The Bertz CT molecular complexity index is 631. The van der Waals surface area contributed by atoms with E-state index in [4.69, 9.17) is 5.26 Å². The van der Waals surface area contributed by atoms with Gasteiger partial charge in [0.15, 0.2) is 0 Å². The van der Waals surface area contributed by atoms with Crippen molar-refractivity contribution in [1.82, 2.24) is 15.2 Å². The Labute approximate surface area is 139 Å². The molecule has 2 aliphatic rings. The van der Waals surface area contributed by atoms with E-state index in [9.17, 15) is 9.59 Å². The highest BCUT2D eigenvalue weighted by Gasteiger charge is 2.39. The summed E-state index contributed by atoms with van der Waals surface area (Å²) in [6, 6.07) is 5.93. The summed E-state index contributed by atoms with van der Waals surface area (Å²) in [6.07, 6.45) is 4.74. The lowest BCUT2D eigenvalue weighted by Gasteiger charge is -2.42. The fourth-order valence-electron chi connectivity index (χ4n) is 3.16. The Hall–Kier alpha value is -2.07. The molecule has 2 fully saturated rings. The van der Waals surface area contributed by atoms with Crippen LogP contribution in [0.1, 0.15) is 12.8 Å². The number of likely N-dealkylation sites (tertiary alicyclic amines) is 1. The molecule has 2 amide bonds. The zero-order chi connectivity index (χ0) is 16.2. The number of carbonyl (C=O) groups excluding carboxylic acids is 2. The van der Waals surface area contributed by atoms with Gasteiger partial charge in [-0.05, 0) is 30.9 Å². The van der Waals surface area contributed by atoms with Crippen molar-refractivity contribution in [2.45, 2.75) is 23.8 Å². The van der Waals surface area contributed by atoms with Gasteiger partial charge in [0, 0.05) is 36.4 Å². The fraction of sp³-hybridized carbons (Fsp3) is 0.500. The molecule has 1 aromatic rings. The second-order valence-corrected chi connectivity index (χ2v) is 6.94. The molecule has 0 aliphatic carbocycles. The smallest absolute Gasteiger partial charge is 0.237 e. The number of hydrogen-bond donors (Lipinski definition) is 1. The van der Waals surface area contributed by atoms with E-state index < -0.39 is 5.92 Å². The number of hydrogen-bond acceptors (Lipinski definition) is 5. The van der Waals surface area contributed by atoms with Crippen LogP contribution in [0.3, 0.4) is 0 Å². The average Bonchev–Trinajstić information content (AvgIpc) is 2.59. The first kappa shape index (κ1) is 15.8. The van der Waals surface area contributed by atoms with E-state index in [0.29, 0.717) is 25.3 Å². The Kier molecular flexibility index (Phi) is 4.82. The van der Waals surface area contributed by atoms with Crippen LogP contribution >= 0.6 is 11.8 Å². The molecular weight excluding hydrogens is 312 g/mol. The van der Waals surface area contributed by atoms with E-state index in [1.165, 1.54) is 11.8 Å². The molecule has 120 valence electrons. The summed E-state index contributed by atoms with van der Waals surface area (Å²) in [7, 11) is 0. The van der Waals surface area contributed by atoms with Gasteiger partial charge in [-0.3, -0.25) is 14.6 Å². The summed E-state index contributed by atoms with van der Waals surface area (Å²) >= 11 is 1.50. The van der Waals surface area contributed by atoms with Gasteiger partial charge < -0.3 is 10.2 Å². The van der Waals surface area contributed by atoms with Crippen LogP contribution in [0.15, 0.2) is 29.4 Å². The summed E-state index contributed by atoms with van der Waals surface area (Å²) in [5, 5.41) is 12.0. The highest BCUT2D eigenvalue weighted by molar-refractivity contribution is 8.00. The third-order valence-corrected chi connectivity index (χ3v) is 5.43. The predicted octanol–water partition coefficient (Wildman–Crippen LogP) is 1.05. The van der Waals surface area contributed by atoms with Crippen molar-refractivity contribution < 1.29 is 9.59 Å². The van der Waals surface area contributed by atoms with Crippen LogP contribution in [0, 0.1) is 23.2 Å². The minimum atomic E-state index is -0.586. The largest absolute Gasteiger partial charge is 0.352 e. The van der Waals surface area contributed by atoms with Crippen LogP contribution in [0.2, 0.25) is 0 Å². The molecule has 2 aliphatic heterocycles. The average molecular weight is 330 g/mol. The van der Waals surface area contributed by atoms with Gasteiger partial charge in [0.2, 0.25) is 11.8 Å². The molecule has 0 aromatic carbocycles. The van der Waals surface area contributed by atoms with Gasteiger partial charge >= 0.3 is 0 Å². The quantitative estimate of drug-likeness (QED) is 0.837. The number of rotatable bonds is 3. The summed E-state index contributed by atoms with van der Waals surface area (Å²) in [4.78, 5) is 31.0. The van der Waals surface area contributed by atoms with Crippen molar-refractivity contribution in [2.75, 3.05) is 18.8 Å². The number of nitrogens with zero attached hydrogens (tertiary/aromatic N) is 3. The Balaban J connectivity index is 1.55. The van der Waals surface area contributed by atoms with Gasteiger partial charge in [0.25, 0.3) is 0 Å². The lowest BCUT2D eigenvalue weighted by Crippen LogP contribution is -2.57. The molecule has 1 N–H and O–H groups in total. The van der Waals surface area contributed by atoms with E-state index in [0.717, 1.165) is 11.3 Å². The summed E-state index contributed by atoms with van der Waals surface area (Å²) in [6.45, 7) is 1.28. The lowest BCUT2D eigenvalue weighted by atomic mass is 9.80. The van der Waals surface area contributed by atoms with Crippen LogP contribution in [-0.2, 0) is 9.59 Å². The van der Waals surface area contributed by atoms with Crippen molar-refractivity contribution in [3.8, 4) is 6.07 Å². The molecule has 2 saturated heterocycles. The SMILES string of the molecule is N#CC1CC2CN(C(=O)CSc3ccncc3)CCC2NC1=O. The van der Waals surface area contributed by atoms with E-state index in [-0.39, 0.29) is 23.8 Å². The first-order chi connectivity index (χ1) is 11.2. The zero-order valence-electron chi connectivity index (χ0n) is 12.6. The zero-order valence-corrected chi connectivity index (χ0v) is 13.5. The second kappa shape index (κ2) is 7.01. The normalized spacial score (nSPS) is 26.8. The fourth-order valence-corrected chi connectivity index (χ4v) is 3.95. The molecule has 7 heteroatoms. The number of piperidine rings is 2. The minimum absolute atomic E-state index is 0.101. The molecule has 6 nitrogen and oxygen atoms in total. The Morgan fingerprint density at radius 2 is 2.26 bits per heavy atom. The third kappa shape index (κ3) is 3.64. The summed E-state index contributed by atoms with van der Waals surface area (Å²) in [5.41, 5.74) is 0. The first-order valence-electron chi connectivity index (χ1n) is 7.68. The van der Waals surface area contributed by atoms with Crippen molar-refractivity contribution in [3.05, 3.63) is 24.5 Å². The van der Waals surface area contributed by atoms with Crippen molar-refractivity contribution >= 4 is 23.6 Å². The number of fused-ring (bicyclic) bond motifs is 1. The van der Waals surface area contributed by atoms with E-state index >= 15 is 0 Å². The van der Waals surface area contributed by atoms with Crippen molar-refractivity contribution in [3.63, 3.8) is 0 Å². The van der Waals surface area contributed by atoms with Crippen LogP contribution in [0.25, 0.3) is 0 Å². The van der Waals surface area contributed by atoms with Gasteiger partial charge in [0.05, 0.1) is 11.8 Å². The van der Waals surface area contributed by atoms with E-state index in [1.54, 1.807) is 12.4 Å². The molecule has 0 radical (unpaired) electrons. The van der Waals surface area contributed by atoms with Crippen molar-refractivity contribution in [1.29, 1.82) is 5.26 Å². The molecule has 0 saturated carbocycles. The predicted molar refractivity (Wildman–Crippen MR) is 85.3 cm³/mol. The van der Waals surface area contributed by atoms with Crippen molar-refractivity contribution in [2.24, 2.45) is 11.8 Å². The third-order valence-electron chi connectivity index (χ3n) is 4.44. The molecule has 0 spiro atoms. The van der Waals surface area contributed by atoms with E-state index in [1.807, 2.05) is 17.0 Å². The lowest BCUT2D eigenvalue weighted by molar-refractivity contribution is -0.133. The number of nitrogens with one attached hydrogen (secondary N) is 1. The standard InChI is InChI=1S/C16H18N4O2S/c17-8-11-7-12-9-20(6-3-14(12)19-16(11)22)15(21)10-23-13-1-4-18-5-2-13/h1-2,4-5,11-12,14H,3,6-7,9-10H2,(H,19,22). The van der Waals surface area contributed by atoms with Gasteiger partial charge in [-0.2, -0.15) is 5.26 Å². The Morgan fingerprint density at radius 3 is 3.00 bits per heavy atom. The van der Waals surface area contributed by atoms with Crippen LogP contribution in [0.5, 0.6) is 0 Å². The number of carbonyl (C=O) groups is 2. The van der Waals surface area contributed by atoms with Crippen LogP contribution < -0.4 is 5.32 Å². The monoisotopic (exact) mass is 330 g/mol. The molecule has 1 aromatic heterocycles. The highest BCUT2D eigenvalue weighted by Crippen LogP contribution is 2.29. The molecular formula is C16H18N4O2S. The van der Waals surface area contributed by atoms with E-state index in [2.05, 4.69) is 16.4 Å². The minimum Gasteiger partial charge on any atom is -0.352 e. The van der Waals surface area contributed by atoms with Gasteiger partial charge in [-0.1, -0.05) is 0 Å². The maximum absolute atomic E-state index is 12.4. The van der Waals surface area contributed by atoms with Gasteiger partial charge in [-0.15, -0.1) is 11.8 Å². The topological polar surface area (TPSA) is 86.1 Å². The Morgan fingerprint density at radius 1 is 1.48 bits per heavy atom.